The molecule has 1 heterocycles. The van der Waals surface area contributed by atoms with Crippen molar-refractivity contribution in [2.24, 2.45) is 17.6 Å². The van der Waals surface area contributed by atoms with E-state index in [4.69, 9.17) is 10.5 Å². The van der Waals surface area contributed by atoms with Crippen LogP contribution in [0.5, 0.6) is 5.75 Å². The van der Waals surface area contributed by atoms with Crippen molar-refractivity contribution in [3.05, 3.63) is 29.8 Å². The van der Waals surface area contributed by atoms with Gasteiger partial charge in [-0.3, -0.25) is 9.59 Å². The topological polar surface area (TPSA) is 84.7 Å². The number of methoxy groups -OCH3 is 1. The lowest BCUT2D eigenvalue weighted by Gasteiger charge is -2.41. The fourth-order valence-corrected chi connectivity index (χ4v) is 4.16. The first-order chi connectivity index (χ1) is 13.6. The zero-order chi connectivity index (χ0) is 20.1. The Morgan fingerprint density at radius 3 is 2.75 bits per heavy atom. The van der Waals surface area contributed by atoms with Crippen molar-refractivity contribution in [2.45, 2.75) is 57.5 Å². The number of unbranched alkanes of at least 4 members (excludes halogenated alkanes) is 1. The number of carbonyl (C=O) groups is 2. The molecule has 2 aliphatic rings. The van der Waals surface area contributed by atoms with Gasteiger partial charge in [0.25, 0.3) is 0 Å². The lowest BCUT2D eigenvalue weighted by molar-refractivity contribution is -0.143. The molecule has 2 fully saturated rings. The molecule has 3 unspecified atom stereocenters. The van der Waals surface area contributed by atoms with E-state index in [2.05, 4.69) is 12.2 Å². The van der Waals surface area contributed by atoms with Crippen molar-refractivity contribution in [1.29, 1.82) is 0 Å². The Hall–Kier alpha value is -2.08. The van der Waals surface area contributed by atoms with Gasteiger partial charge in [0, 0.05) is 31.1 Å². The van der Waals surface area contributed by atoms with Gasteiger partial charge in [-0.1, -0.05) is 31.5 Å². The van der Waals surface area contributed by atoms with Gasteiger partial charge in [-0.2, -0.15) is 0 Å². The van der Waals surface area contributed by atoms with Crippen LogP contribution in [-0.2, 0) is 9.59 Å². The summed E-state index contributed by atoms with van der Waals surface area (Å²) < 4.78 is 5.56. The molecule has 154 valence electrons. The van der Waals surface area contributed by atoms with E-state index in [9.17, 15) is 9.59 Å². The third kappa shape index (κ3) is 4.66. The fourth-order valence-electron chi connectivity index (χ4n) is 4.16. The fraction of sp³-hybridized carbons (Fsp3) is 0.636. The lowest BCUT2D eigenvalue weighted by Crippen LogP contribution is -2.50. The molecule has 0 radical (unpaired) electrons. The predicted octanol–water partition coefficient (Wildman–Crippen LogP) is 2.63. The number of piperidine rings is 1. The van der Waals surface area contributed by atoms with Gasteiger partial charge in [-0.15, -0.1) is 0 Å². The molecule has 6 heteroatoms. The number of para-hydroxylation sites is 1. The Morgan fingerprint density at radius 1 is 1.32 bits per heavy atom. The molecule has 3 N–H and O–H groups in total. The lowest BCUT2D eigenvalue weighted by atomic mass is 9.83. The van der Waals surface area contributed by atoms with E-state index in [1.807, 2.05) is 29.2 Å². The second-order valence-electron chi connectivity index (χ2n) is 8.02. The molecule has 1 aromatic carbocycles. The first-order valence-electron chi connectivity index (χ1n) is 10.5. The maximum atomic E-state index is 13.1. The highest BCUT2D eigenvalue weighted by molar-refractivity contribution is 5.85. The second-order valence-corrected chi connectivity index (χ2v) is 8.02. The summed E-state index contributed by atoms with van der Waals surface area (Å²) in [6.45, 7) is 3.26. The van der Waals surface area contributed by atoms with Crippen molar-refractivity contribution in [1.82, 2.24) is 10.2 Å². The molecule has 3 rings (SSSR count). The molecular formula is C22H33N3O3. The summed E-state index contributed by atoms with van der Waals surface area (Å²) in [4.78, 5) is 27.7. The van der Waals surface area contributed by atoms with E-state index in [0.717, 1.165) is 37.0 Å². The minimum Gasteiger partial charge on any atom is -0.496 e. The average molecular weight is 388 g/mol. The third-order valence-electron chi connectivity index (χ3n) is 5.99. The number of carbonyl (C=O) groups excluding carboxylic acids is 2. The summed E-state index contributed by atoms with van der Waals surface area (Å²) in [7, 11) is 1.63. The standard InChI is InChI=1S/C22H33N3O3/c1-3-4-13-25-20(26)12-11-17(22(27)24-14-18(23)15-9-10-15)21(25)16-7-5-6-8-19(16)28-2/h5-8,15,17-18,21H,3-4,9-14,23H2,1-2H3,(H,24,27). The number of hydrogen-bond acceptors (Lipinski definition) is 4. The van der Waals surface area contributed by atoms with Crippen LogP contribution in [0.25, 0.3) is 0 Å². The van der Waals surface area contributed by atoms with E-state index < -0.39 is 0 Å². The number of nitrogens with one attached hydrogen (secondary N) is 1. The Kier molecular flexibility index (Phi) is 6.94. The zero-order valence-corrected chi connectivity index (χ0v) is 17.0. The largest absolute Gasteiger partial charge is 0.496 e. The van der Waals surface area contributed by atoms with Crippen molar-refractivity contribution >= 4 is 11.8 Å². The smallest absolute Gasteiger partial charge is 0.225 e. The Balaban J connectivity index is 1.84. The van der Waals surface area contributed by atoms with Gasteiger partial charge >= 0.3 is 0 Å². The second kappa shape index (κ2) is 9.41. The van der Waals surface area contributed by atoms with Crippen LogP contribution in [0.4, 0.5) is 0 Å². The van der Waals surface area contributed by atoms with Gasteiger partial charge in [0.15, 0.2) is 0 Å². The highest BCUT2D eigenvalue weighted by Crippen LogP contribution is 2.41. The number of likely N-dealkylation sites (tertiary alicyclic amines) is 1. The van der Waals surface area contributed by atoms with Crippen molar-refractivity contribution < 1.29 is 14.3 Å². The molecule has 1 aliphatic heterocycles. The van der Waals surface area contributed by atoms with Crippen LogP contribution < -0.4 is 15.8 Å². The van der Waals surface area contributed by atoms with Crippen molar-refractivity contribution in [3.63, 3.8) is 0 Å². The van der Waals surface area contributed by atoms with Crippen LogP contribution in [0.15, 0.2) is 24.3 Å². The first-order valence-corrected chi connectivity index (χ1v) is 10.5. The average Bonchev–Trinajstić information content (AvgIpc) is 3.56. The Bertz CT molecular complexity index is 689. The third-order valence-corrected chi connectivity index (χ3v) is 5.99. The molecule has 28 heavy (non-hydrogen) atoms. The zero-order valence-electron chi connectivity index (χ0n) is 17.0. The monoisotopic (exact) mass is 387 g/mol. The number of hydrogen-bond donors (Lipinski definition) is 2. The van der Waals surface area contributed by atoms with Gasteiger partial charge in [0.1, 0.15) is 5.75 Å². The number of benzene rings is 1. The quantitative estimate of drug-likeness (QED) is 0.682. The number of rotatable bonds is 9. The maximum absolute atomic E-state index is 13.1. The van der Waals surface area contributed by atoms with E-state index in [-0.39, 0.29) is 29.8 Å². The Labute approximate surface area is 167 Å². The number of nitrogens with two attached hydrogens (primary N) is 1. The molecule has 0 bridgehead atoms. The van der Waals surface area contributed by atoms with Crippen molar-refractivity contribution in [2.75, 3.05) is 20.2 Å². The molecular weight excluding hydrogens is 354 g/mol. The van der Waals surface area contributed by atoms with E-state index >= 15 is 0 Å². The normalized spacial score (nSPS) is 23.4. The van der Waals surface area contributed by atoms with Crippen LogP contribution in [0.2, 0.25) is 0 Å². The van der Waals surface area contributed by atoms with Gasteiger partial charge in [-0.05, 0) is 37.7 Å². The van der Waals surface area contributed by atoms with Crippen LogP contribution >= 0.6 is 0 Å². The van der Waals surface area contributed by atoms with Crippen LogP contribution in [0.3, 0.4) is 0 Å². The molecule has 3 atom stereocenters. The number of ether oxygens (including phenoxy) is 1. The van der Waals surface area contributed by atoms with Crippen LogP contribution in [0.1, 0.15) is 57.1 Å². The molecule has 0 aromatic heterocycles. The number of amides is 2. The van der Waals surface area contributed by atoms with Crippen molar-refractivity contribution in [3.8, 4) is 5.75 Å². The molecule has 1 aromatic rings. The summed E-state index contributed by atoms with van der Waals surface area (Å²) in [5.41, 5.74) is 7.07. The maximum Gasteiger partial charge on any atom is 0.225 e. The first kappa shape index (κ1) is 20.6. The summed E-state index contributed by atoms with van der Waals surface area (Å²) in [6, 6.07) is 7.43. The minimum atomic E-state index is -0.305. The van der Waals surface area contributed by atoms with Gasteiger partial charge in [0.05, 0.1) is 19.1 Å². The highest BCUT2D eigenvalue weighted by atomic mass is 16.5. The van der Waals surface area contributed by atoms with Crippen LogP contribution in [0, 0.1) is 11.8 Å². The Morgan fingerprint density at radius 2 is 2.07 bits per heavy atom. The molecule has 2 amide bonds. The van der Waals surface area contributed by atoms with Crippen LogP contribution in [-0.4, -0.2) is 43.0 Å². The molecule has 1 saturated heterocycles. The summed E-state index contributed by atoms with van der Waals surface area (Å²) in [5.74, 6) is 1.07. The van der Waals surface area contributed by atoms with E-state index in [1.165, 1.54) is 0 Å². The van der Waals surface area contributed by atoms with Gasteiger partial charge in [-0.25, -0.2) is 0 Å². The van der Waals surface area contributed by atoms with Gasteiger partial charge in [0.2, 0.25) is 11.8 Å². The highest BCUT2D eigenvalue weighted by Gasteiger charge is 2.41. The number of nitrogens with zero attached hydrogens (tertiary/aromatic N) is 1. The molecule has 1 aliphatic carbocycles. The van der Waals surface area contributed by atoms with E-state index in [1.54, 1.807) is 7.11 Å². The predicted molar refractivity (Wildman–Crippen MR) is 109 cm³/mol. The van der Waals surface area contributed by atoms with Gasteiger partial charge < -0.3 is 20.7 Å². The summed E-state index contributed by atoms with van der Waals surface area (Å²) in [6.07, 6.45) is 5.18. The summed E-state index contributed by atoms with van der Waals surface area (Å²) in [5, 5.41) is 3.06. The molecule has 6 nitrogen and oxygen atoms in total. The SMILES string of the molecule is CCCCN1C(=O)CCC(C(=O)NCC(N)C2CC2)C1c1ccccc1OC. The minimum absolute atomic E-state index is 0.0130. The van der Waals surface area contributed by atoms with E-state index in [0.29, 0.717) is 31.8 Å². The molecule has 0 spiro atoms. The molecule has 1 saturated carbocycles. The summed E-state index contributed by atoms with van der Waals surface area (Å²) >= 11 is 0.